The number of aliphatic carboxylic acids is 1. The molecule has 0 radical (unpaired) electrons. The molecule has 98 valence electrons. The normalized spacial score (nSPS) is 11.5. The highest BCUT2D eigenvalue weighted by atomic mass is 19.1. The van der Waals surface area contributed by atoms with Gasteiger partial charge in [-0.25, -0.2) is 4.79 Å². The number of methoxy groups -OCH3 is 1. The first-order chi connectivity index (χ1) is 8.43. The first-order valence-electron chi connectivity index (χ1n) is 5.39. The third kappa shape index (κ3) is 3.76. The van der Waals surface area contributed by atoms with Crippen LogP contribution >= 0.6 is 0 Å². The second-order valence-corrected chi connectivity index (χ2v) is 3.87. The number of halogens is 1. The minimum Gasteiger partial charge on any atom is -0.493 e. The zero-order valence-electron chi connectivity index (χ0n) is 10.4. The van der Waals surface area contributed by atoms with Gasteiger partial charge in [-0.05, 0) is 37.6 Å². The number of rotatable bonds is 5. The zero-order valence-corrected chi connectivity index (χ0v) is 10.4. The van der Waals surface area contributed by atoms with Crippen molar-refractivity contribution in [2.45, 2.75) is 20.0 Å². The first-order valence-corrected chi connectivity index (χ1v) is 5.39. The van der Waals surface area contributed by atoms with Crippen molar-refractivity contribution >= 4 is 12.0 Å². The van der Waals surface area contributed by atoms with E-state index in [4.69, 9.17) is 14.6 Å². The van der Waals surface area contributed by atoms with Gasteiger partial charge in [0.1, 0.15) is 0 Å². The summed E-state index contributed by atoms with van der Waals surface area (Å²) in [5.41, 5.74) is 0.392. The van der Waals surface area contributed by atoms with E-state index in [2.05, 4.69) is 0 Å². The molecule has 0 amide bonds. The Balaban J connectivity index is 3.05. The van der Waals surface area contributed by atoms with E-state index in [9.17, 15) is 9.18 Å². The molecule has 0 spiro atoms. The maximum absolute atomic E-state index is 12.9. The molecule has 0 bridgehead atoms. The standard InChI is InChI=1S/C13H15FO4/c1-8(2)18-11-5-4-9(7-12(11)17-3)6-10(14)13(15)16/h4-8H,1-3H3,(H,15,16). The Kier molecular flexibility index (Phi) is 4.71. The Hall–Kier alpha value is -2.04. The van der Waals surface area contributed by atoms with Gasteiger partial charge in [0.2, 0.25) is 5.83 Å². The lowest BCUT2D eigenvalue weighted by molar-refractivity contribution is -0.134. The number of carbonyl (C=O) groups is 1. The van der Waals surface area contributed by atoms with Crippen molar-refractivity contribution in [1.29, 1.82) is 0 Å². The second-order valence-electron chi connectivity index (χ2n) is 3.87. The predicted octanol–water partition coefficient (Wildman–Crippen LogP) is 2.88. The molecule has 0 aliphatic carbocycles. The van der Waals surface area contributed by atoms with Crippen molar-refractivity contribution in [3.63, 3.8) is 0 Å². The smallest absolute Gasteiger partial charge is 0.364 e. The molecular formula is C13H15FO4. The van der Waals surface area contributed by atoms with Crippen LogP contribution in [0.3, 0.4) is 0 Å². The summed E-state index contributed by atoms with van der Waals surface area (Å²) in [4.78, 5) is 10.4. The summed E-state index contributed by atoms with van der Waals surface area (Å²) in [6.07, 6.45) is 0.903. The molecule has 0 aromatic heterocycles. The number of ether oxygens (including phenoxy) is 2. The predicted molar refractivity (Wildman–Crippen MR) is 65.5 cm³/mol. The molecule has 0 fully saturated rings. The molecule has 1 aromatic carbocycles. The van der Waals surface area contributed by atoms with Crippen molar-refractivity contribution in [3.8, 4) is 11.5 Å². The van der Waals surface area contributed by atoms with E-state index in [0.717, 1.165) is 6.08 Å². The Bertz CT molecular complexity index is 466. The van der Waals surface area contributed by atoms with E-state index in [0.29, 0.717) is 17.1 Å². The molecule has 1 N–H and O–H groups in total. The quantitative estimate of drug-likeness (QED) is 0.821. The van der Waals surface area contributed by atoms with Gasteiger partial charge in [-0.15, -0.1) is 0 Å². The molecule has 0 aliphatic heterocycles. The molecule has 5 heteroatoms. The molecule has 4 nitrogen and oxygen atoms in total. The molecule has 18 heavy (non-hydrogen) atoms. The monoisotopic (exact) mass is 254 g/mol. The van der Waals surface area contributed by atoms with Crippen LogP contribution in [0.5, 0.6) is 11.5 Å². The molecule has 0 saturated heterocycles. The summed E-state index contributed by atoms with van der Waals surface area (Å²) in [6, 6.07) is 4.68. The van der Waals surface area contributed by atoms with Crippen LogP contribution in [-0.2, 0) is 4.79 Å². The van der Waals surface area contributed by atoms with E-state index in [1.165, 1.54) is 13.2 Å². The summed E-state index contributed by atoms with van der Waals surface area (Å²) in [6.45, 7) is 3.74. The number of carboxylic acid groups (broad SMARTS) is 1. The third-order valence-electron chi connectivity index (χ3n) is 2.05. The Morgan fingerprint density at radius 2 is 2.06 bits per heavy atom. The van der Waals surface area contributed by atoms with Gasteiger partial charge >= 0.3 is 5.97 Å². The molecule has 0 atom stereocenters. The highest BCUT2D eigenvalue weighted by Crippen LogP contribution is 2.29. The van der Waals surface area contributed by atoms with Gasteiger partial charge in [0.15, 0.2) is 11.5 Å². The highest BCUT2D eigenvalue weighted by molar-refractivity contribution is 5.89. The van der Waals surface area contributed by atoms with Crippen LogP contribution in [0.1, 0.15) is 19.4 Å². The maximum atomic E-state index is 12.9. The van der Waals surface area contributed by atoms with Crippen LogP contribution in [-0.4, -0.2) is 24.3 Å². The average molecular weight is 254 g/mol. The lowest BCUT2D eigenvalue weighted by Gasteiger charge is -2.13. The van der Waals surface area contributed by atoms with Gasteiger partial charge in [-0.3, -0.25) is 0 Å². The zero-order chi connectivity index (χ0) is 13.7. The van der Waals surface area contributed by atoms with Gasteiger partial charge < -0.3 is 14.6 Å². The average Bonchev–Trinajstić information content (AvgIpc) is 2.30. The van der Waals surface area contributed by atoms with E-state index < -0.39 is 11.8 Å². The fourth-order valence-corrected chi connectivity index (χ4v) is 1.33. The Morgan fingerprint density at radius 3 is 2.56 bits per heavy atom. The SMILES string of the molecule is COc1cc(C=C(F)C(=O)O)ccc1OC(C)C. The largest absolute Gasteiger partial charge is 0.493 e. The number of carboxylic acids is 1. The van der Waals surface area contributed by atoms with Crippen LogP contribution in [0.25, 0.3) is 6.08 Å². The summed E-state index contributed by atoms with van der Waals surface area (Å²) in [5, 5.41) is 8.44. The van der Waals surface area contributed by atoms with E-state index >= 15 is 0 Å². The van der Waals surface area contributed by atoms with Crippen LogP contribution < -0.4 is 9.47 Å². The van der Waals surface area contributed by atoms with Crippen molar-refractivity contribution in [2.24, 2.45) is 0 Å². The highest BCUT2D eigenvalue weighted by Gasteiger charge is 2.09. The number of hydrogen-bond donors (Lipinski definition) is 1. The van der Waals surface area contributed by atoms with Gasteiger partial charge in [0, 0.05) is 0 Å². The lowest BCUT2D eigenvalue weighted by Crippen LogP contribution is -2.06. The van der Waals surface area contributed by atoms with Crippen LogP contribution in [0.2, 0.25) is 0 Å². The van der Waals surface area contributed by atoms with Gasteiger partial charge in [0.25, 0.3) is 0 Å². The summed E-state index contributed by atoms with van der Waals surface area (Å²) >= 11 is 0. The molecule has 1 aromatic rings. The Morgan fingerprint density at radius 1 is 1.39 bits per heavy atom. The van der Waals surface area contributed by atoms with Crippen molar-refractivity contribution in [1.82, 2.24) is 0 Å². The molecule has 0 aliphatic rings. The van der Waals surface area contributed by atoms with Crippen molar-refractivity contribution in [3.05, 3.63) is 29.6 Å². The molecule has 0 unspecified atom stereocenters. The second kappa shape index (κ2) is 6.05. The Labute approximate surface area is 105 Å². The van der Waals surface area contributed by atoms with Crippen molar-refractivity contribution in [2.75, 3.05) is 7.11 Å². The summed E-state index contributed by atoms with van der Waals surface area (Å²) in [5.74, 6) is -1.87. The van der Waals surface area contributed by atoms with E-state index in [1.54, 1.807) is 12.1 Å². The fourth-order valence-electron chi connectivity index (χ4n) is 1.33. The topological polar surface area (TPSA) is 55.8 Å². The third-order valence-corrected chi connectivity index (χ3v) is 2.05. The molecular weight excluding hydrogens is 239 g/mol. The number of benzene rings is 1. The summed E-state index contributed by atoms with van der Waals surface area (Å²) < 4.78 is 23.5. The van der Waals surface area contributed by atoms with E-state index in [-0.39, 0.29) is 6.10 Å². The van der Waals surface area contributed by atoms with Gasteiger partial charge in [0.05, 0.1) is 13.2 Å². The minimum atomic E-state index is -1.60. The summed E-state index contributed by atoms with van der Waals surface area (Å²) in [7, 11) is 1.46. The van der Waals surface area contributed by atoms with Crippen LogP contribution in [0, 0.1) is 0 Å². The van der Waals surface area contributed by atoms with Crippen LogP contribution in [0.4, 0.5) is 4.39 Å². The number of hydrogen-bond acceptors (Lipinski definition) is 3. The van der Waals surface area contributed by atoms with Gasteiger partial charge in [-0.2, -0.15) is 4.39 Å². The maximum Gasteiger partial charge on any atom is 0.364 e. The lowest BCUT2D eigenvalue weighted by atomic mass is 10.2. The van der Waals surface area contributed by atoms with E-state index in [1.807, 2.05) is 13.8 Å². The van der Waals surface area contributed by atoms with Crippen LogP contribution in [0.15, 0.2) is 24.0 Å². The minimum absolute atomic E-state index is 0.0175. The van der Waals surface area contributed by atoms with Crippen molar-refractivity contribution < 1.29 is 23.8 Å². The fraction of sp³-hybridized carbons (Fsp3) is 0.308. The van der Waals surface area contributed by atoms with Gasteiger partial charge in [-0.1, -0.05) is 6.07 Å². The first kappa shape index (κ1) is 14.0. The molecule has 1 rings (SSSR count). The molecule has 0 heterocycles. The molecule has 0 saturated carbocycles.